The van der Waals surface area contributed by atoms with Gasteiger partial charge in [-0.05, 0) is 35.6 Å². The molecule has 38 heavy (non-hydrogen) atoms. The summed E-state index contributed by atoms with van der Waals surface area (Å²) in [5.41, 5.74) is 3.42. The maximum Gasteiger partial charge on any atom is 0.326 e. The number of hydrogen-bond acceptors (Lipinski definition) is 5. The third-order valence-electron chi connectivity index (χ3n) is 7.34. The molecular weight excluding hydrogens is 480 g/mol. The van der Waals surface area contributed by atoms with E-state index in [2.05, 4.69) is 6.07 Å². The minimum Gasteiger partial charge on any atom is -0.487 e. The maximum atomic E-state index is 14.0. The lowest BCUT2D eigenvalue weighted by Gasteiger charge is -2.37. The number of hydrogen-bond donors (Lipinski definition) is 1. The zero-order valence-corrected chi connectivity index (χ0v) is 21.1. The summed E-state index contributed by atoms with van der Waals surface area (Å²) in [4.78, 5) is 27.9. The van der Waals surface area contributed by atoms with Crippen LogP contribution in [0.5, 0.6) is 5.75 Å². The Kier molecular flexibility index (Phi) is 7.71. The van der Waals surface area contributed by atoms with Gasteiger partial charge in [-0.2, -0.15) is 5.26 Å². The number of benzene rings is 3. The van der Waals surface area contributed by atoms with Crippen molar-refractivity contribution >= 4 is 11.9 Å². The molecule has 1 saturated carbocycles. The molecule has 2 atom stereocenters. The van der Waals surface area contributed by atoms with Crippen molar-refractivity contribution in [2.24, 2.45) is 0 Å². The molecule has 5 rings (SSSR count). The molecule has 1 fully saturated rings. The first-order chi connectivity index (χ1) is 18.5. The van der Waals surface area contributed by atoms with Gasteiger partial charge in [-0.15, -0.1) is 0 Å². The number of amides is 1. The topological polar surface area (TPSA) is 99.9 Å². The fourth-order valence-corrected chi connectivity index (χ4v) is 5.35. The number of carbonyl (C=O) groups is 2. The first-order valence-electron chi connectivity index (χ1n) is 13.0. The van der Waals surface area contributed by atoms with Crippen LogP contribution in [0.15, 0.2) is 72.8 Å². The van der Waals surface area contributed by atoms with Crippen molar-refractivity contribution in [2.75, 3.05) is 0 Å². The van der Waals surface area contributed by atoms with E-state index < -0.39 is 18.1 Å². The first kappa shape index (κ1) is 25.5. The number of aliphatic carboxylic acids is 1. The van der Waals surface area contributed by atoms with Crippen molar-refractivity contribution in [3.63, 3.8) is 0 Å². The molecule has 7 nitrogen and oxygen atoms in total. The number of ether oxygens (including phenoxy) is 2. The van der Waals surface area contributed by atoms with E-state index in [0.717, 1.165) is 36.8 Å². The Hall–Kier alpha value is -4.15. The molecule has 7 heteroatoms. The summed E-state index contributed by atoms with van der Waals surface area (Å²) in [6, 6.07) is 23.4. The fourth-order valence-electron chi connectivity index (χ4n) is 5.35. The fraction of sp³-hybridized carbons (Fsp3) is 0.323. The third-order valence-corrected chi connectivity index (χ3v) is 7.34. The average molecular weight is 511 g/mol. The van der Waals surface area contributed by atoms with Gasteiger partial charge in [0.05, 0.1) is 11.7 Å². The van der Waals surface area contributed by atoms with Gasteiger partial charge in [-0.1, -0.05) is 79.6 Å². The van der Waals surface area contributed by atoms with Crippen molar-refractivity contribution in [1.82, 2.24) is 4.90 Å². The summed E-state index contributed by atoms with van der Waals surface area (Å²) < 4.78 is 12.4. The Labute approximate surface area is 222 Å². The standard InChI is InChI=1S/C31H30N2O5/c32-18-23-15-16-24-19-33(30(34)29(22-11-5-2-6-12-22)38-25-13-7-8-14-25)27(31(35)36)17-26(24)28(23)37-20-21-9-3-1-4-10-21/h1-6,9-12,15-16,25,27,29H,7-8,13-14,17,19-20H2,(H,35,36). The smallest absolute Gasteiger partial charge is 0.326 e. The lowest BCUT2D eigenvalue weighted by Crippen LogP contribution is -2.50. The summed E-state index contributed by atoms with van der Waals surface area (Å²) >= 11 is 0. The van der Waals surface area contributed by atoms with E-state index in [-0.39, 0.29) is 31.6 Å². The second-order valence-electron chi connectivity index (χ2n) is 9.82. The van der Waals surface area contributed by atoms with Crippen molar-refractivity contribution in [3.05, 3.63) is 101 Å². The van der Waals surface area contributed by atoms with E-state index in [1.54, 1.807) is 12.1 Å². The molecule has 3 aromatic rings. The number of carbonyl (C=O) groups excluding carboxylic acids is 1. The largest absolute Gasteiger partial charge is 0.487 e. The van der Waals surface area contributed by atoms with Gasteiger partial charge >= 0.3 is 5.97 Å². The Morgan fingerprint density at radius 1 is 1.00 bits per heavy atom. The molecule has 194 valence electrons. The highest BCUT2D eigenvalue weighted by Gasteiger charge is 2.40. The van der Waals surface area contributed by atoms with Crippen molar-refractivity contribution in [1.29, 1.82) is 5.26 Å². The molecule has 0 radical (unpaired) electrons. The van der Waals surface area contributed by atoms with Crippen molar-refractivity contribution < 1.29 is 24.2 Å². The molecule has 2 aliphatic rings. The van der Waals surface area contributed by atoms with E-state index >= 15 is 0 Å². The van der Waals surface area contributed by atoms with Gasteiger partial charge in [0, 0.05) is 18.5 Å². The van der Waals surface area contributed by atoms with E-state index in [1.807, 2.05) is 60.7 Å². The predicted octanol–water partition coefficient (Wildman–Crippen LogP) is 5.18. The van der Waals surface area contributed by atoms with Crippen LogP contribution in [0, 0.1) is 11.3 Å². The summed E-state index contributed by atoms with van der Waals surface area (Å²) in [7, 11) is 0. The highest BCUT2D eigenvalue weighted by Crippen LogP contribution is 2.37. The molecule has 1 amide bonds. The van der Waals surface area contributed by atoms with Gasteiger partial charge < -0.3 is 19.5 Å². The summed E-state index contributed by atoms with van der Waals surface area (Å²) in [6.45, 7) is 0.341. The van der Waals surface area contributed by atoms with E-state index in [9.17, 15) is 20.0 Å². The lowest BCUT2D eigenvalue weighted by molar-refractivity contribution is -0.160. The summed E-state index contributed by atoms with van der Waals surface area (Å²) in [5, 5.41) is 19.9. The van der Waals surface area contributed by atoms with Gasteiger partial charge in [0.15, 0.2) is 6.10 Å². The molecule has 0 bridgehead atoms. The van der Waals surface area contributed by atoms with Crippen LogP contribution < -0.4 is 4.74 Å². The third kappa shape index (κ3) is 5.41. The van der Waals surface area contributed by atoms with E-state index in [1.165, 1.54) is 4.90 Å². The number of nitrogens with zero attached hydrogens (tertiary/aromatic N) is 2. The number of carboxylic acids is 1. The molecule has 1 aliphatic carbocycles. The Balaban J connectivity index is 1.46. The molecule has 0 saturated heterocycles. The minimum atomic E-state index is -1.11. The Morgan fingerprint density at radius 3 is 2.34 bits per heavy atom. The summed E-state index contributed by atoms with van der Waals surface area (Å²) in [5.74, 6) is -1.08. The van der Waals surface area contributed by atoms with Gasteiger partial charge in [0.25, 0.3) is 5.91 Å². The van der Waals surface area contributed by atoms with Crippen LogP contribution in [0.25, 0.3) is 0 Å². The number of nitriles is 1. The molecule has 2 unspecified atom stereocenters. The van der Waals surface area contributed by atoms with Crippen LogP contribution in [0.3, 0.4) is 0 Å². The Bertz CT molecular complexity index is 1330. The van der Waals surface area contributed by atoms with Crippen LogP contribution in [-0.2, 0) is 33.9 Å². The molecule has 0 spiro atoms. The van der Waals surface area contributed by atoms with Crippen LogP contribution in [0.1, 0.15) is 59.6 Å². The summed E-state index contributed by atoms with van der Waals surface area (Å²) in [6.07, 6.45) is 3.03. The highest BCUT2D eigenvalue weighted by molar-refractivity contribution is 5.88. The van der Waals surface area contributed by atoms with Crippen molar-refractivity contribution in [3.8, 4) is 11.8 Å². The number of carboxylic acid groups (broad SMARTS) is 1. The van der Waals surface area contributed by atoms with E-state index in [0.29, 0.717) is 22.4 Å². The second kappa shape index (κ2) is 11.5. The van der Waals surface area contributed by atoms with Crippen molar-refractivity contribution in [2.45, 2.75) is 63.5 Å². The molecule has 3 aromatic carbocycles. The van der Waals surface area contributed by atoms with Crippen LogP contribution >= 0.6 is 0 Å². The first-order valence-corrected chi connectivity index (χ1v) is 13.0. The van der Waals surface area contributed by atoms with Crippen LogP contribution in [0.2, 0.25) is 0 Å². The normalized spacial score (nSPS) is 17.9. The Morgan fingerprint density at radius 2 is 1.68 bits per heavy atom. The SMILES string of the molecule is N#Cc1ccc2c(c1OCc1ccccc1)CC(C(=O)O)N(C(=O)C(OC1CCCC1)c1ccccc1)C2. The molecule has 1 heterocycles. The number of fused-ring (bicyclic) bond motifs is 1. The second-order valence-corrected chi connectivity index (χ2v) is 9.82. The molecule has 1 aliphatic heterocycles. The quantitative estimate of drug-likeness (QED) is 0.449. The predicted molar refractivity (Wildman–Crippen MR) is 140 cm³/mol. The highest BCUT2D eigenvalue weighted by atomic mass is 16.5. The number of rotatable bonds is 8. The zero-order chi connectivity index (χ0) is 26.5. The molecule has 0 aromatic heterocycles. The minimum absolute atomic E-state index is 0.0271. The molecular formula is C31H30N2O5. The monoisotopic (exact) mass is 510 g/mol. The lowest BCUT2D eigenvalue weighted by atomic mass is 9.90. The average Bonchev–Trinajstić information content (AvgIpc) is 3.48. The van der Waals surface area contributed by atoms with Gasteiger partial charge in [-0.25, -0.2) is 4.79 Å². The van der Waals surface area contributed by atoms with Gasteiger partial charge in [0.1, 0.15) is 24.5 Å². The van der Waals surface area contributed by atoms with Crippen LogP contribution in [-0.4, -0.2) is 34.0 Å². The van der Waals surface area contributed by atoms with E-state index in [4.69, 9.17) is 9.47 Å². The van der Waals surface area contributed by atoms with Crippen LogP contribution in [0.4, 0.5) is 0 Å². The maximum absolute atomic E-state index is 14.0. The zero-order valence-electron chi connectivity index (χ0n) is 21.1. The van der Waals surface area contributed by atoms with Gasteiger partial charge in [-0.3, -0.25) is 4.79 Å². The van der Waals surface area contributed by atoms with Gasteiger partial charge in [0.2, 0.25) is 0 Å². The molecule has 1 N–H and O–H groups in total.